The van der Waals surface area contributed by atoms with E-state index < -0.39 is 17.7 Å². The number of rotatable bonds is 4. The summed E-state index contributed by atoms with van der Waals surface area (Å²) in [5.74, 6) is -2.47. The second kappa shape index (κ2) is 5.48. The number of nitrogens with zero attached hydrogens (tertiary/aromatic N) is 1. The molecule has 0 aliphatic carbocycles. The average Bonchev–Trinajstić information content (AvgIpc) is 2.40. The number of aliphatic carboxylic acids is 1. The van der Waals surface area contributed by atoms with Crippen molar-refractivity contribution in [2.24, 2.45) is 0 Å². The van der Waals surface area contributed by atoms with Gasteiger partial charge in [-0.2, -0.15) is 0 Å². The average molecular weight is 261 g/mol. The molecule has 2 aromatic rings. The second-order valence-corrected chi connectivity index (χ2v) is 3.95. The maximum atomic E-state index is 13.7. The summed E-state index contributed by atoms with van der Waals surface area (Å²) in [6.45, 7) is 0. The summed E-state index contributed by atoms with van der Waals surface area (Å²) in [6.07, 6.45) is 3.01. The van der Waals surface area contributed by atoms with Crippen LogP contribution >= 0.6 is 0 Å². The molecule has 0 amide bonds. The van der Waals surface area contributed by atoms with Crippen molar-refractivity contribution in [1.82, 2.24) is 4.98 Å². The Bertz CT molecular complexity index is 586. The highest BCUT2D eigenvalue weighted by molar-refractivity contribution is 5.80. The molecule has 0 spiro atoms. The van der Waals surface area contributed by atoms with Gasteiger partial charge in [-0.3, -0.25) is 9.78 Å². The Morgan fingerprint density at radius 1 is 1.26 bits per heavy atom. The van der Waals surface area contributed by atoms with Crippen molar-refractivity contribution < 1.29 is 19.0 Å². The normalized spacial score (nSPS) is 11.9. The summed E-state index contributed by atoms with van der Waals surface area (Å²) in [4.78, 5) is 15.2. The van der Waals surface area contributed by atoms with Crippen LogP contribution in [0.4, 0.5) is 4.39 Å². The van der Waals surface area contributed by atoms with Gasteiger partial charge in [0.1, 0.15) is 5.92 Å². The minimum atomic E-state index is -1.05. The molecule has 0 radical (unpaired) electrons. The molecule has 0 bridgehead atoms. The third-order valence-corrected chi connectivity index (χ3v) is 2.80. The number of hydrogen-bond donors (Lipinski definition) is 1. The molecular weight excluding hydrogens is 249 g/mol. The van der Waals surface area contributed by atoms with E-state index in [-0.39, 0.29) is 5.75 Å². The SMILES string of the molecule is COc1ccc(C(C(=O)O)c2ccncc2)cc1F. The summed E-state index contributed by atoms with van der Waals surface area (Å²) in [6, 6.07) is 7.34. The number of carboxylic acids is 1. The van der Waals surface area contributed by atoms with Crippen molar-refractivity contribution >= 4 is 5.97 Å². The molecule has 5 heteroatoms. The zero-order chi connectivity index (χ0) is 13.8. The lowest BCUT2D eigenvalue weighted by molar-refractivity contribution is -0.137. The van der Waals surface area contributed by atoms with Gasteiger partial charge in [0.05, 0.1) is 7.11 Å². The van der Waals surface area contributed by atoms with Crippen molar-refractivity contribution in [3.63, 3.8) is 0 Å². The Morgan fingerprint density at radius 2 is 1.95 bits per heavy atom. The lowest BCUT2D eigenvalue weighted by Crippen LogP contribution is -2.13. The van der Waals surface area contributed by atoms with E-state index in [2.05, 4.69) is 4.98 Å². The monoisotopic (exact) mass is 261 g/mol. The van der Waals surface area contributed by atoms with Gasteiger partial charge in [-0.05, 0) is 35.4 Å². The number of aromatic nitrogens is 1. The van der Waals surface area contributed by atoms with Gasteiger partial charge in [0, 0.05) is 12.4 Å². The van der Waals surface area contributed by atoms with Crippen molar-refractivity contribution in [3.05, 3.63) is 59.7 Å². The predicted octanol–water partition coefficient (Wildman–Crippen LogP) is 2.45. The number of carbonyl (C=O) groups is 1. The first-order valence-corrected chi connectivity index (χ1v) is 5.59. The summed E-state index contributed by atoms with van der Waals surface area (Å²) < 4.78 is 18.5. The van der Waals surface area contributed by atoms with Gasteiger partial charge >= 0.3 is 5.97 Å². The van der Waals surface area contributed by atoms with Crippen LogP contribution < -0.4 is 4.74 Å². The molecule has 0 aliphatic heterocycles. The van der Waals surface area contributed by atoms with Crippen LogP contribution in [0.2, 0.25) is 0 Å². The van der Waals surface area contributed by atoms with E-state index >= 15 is 0 Å². The molecule has 1 unspecified atom stereocenters. The van der Waals surface area contributed by atoms with E-state index in [4.69, 9.17) is 4.74 Å². The Labute approximate surface area is 109 Å². The number of methoxy groups -OCH3 is 1. The van der Waals surface area contributed by atoms with Crippen LogP contribution in [0.15, 0.2) is 42.7 Å². The molecule has 0 saturated heterocycles. The fraction of sp³-hybridized carbons (Fsp3) is 0.143. The Balaban J connectivity index is 2.46. The maximum absolute atomic E-state index is 13.7. The van der Waals surface area contributed by atoms with Gasteiger partial charge in [0.25, 0.3) is 0 Å². The topological polar surface area (TPSA) is 59.4 Å². The second-order valence-electron chi connectivity index (χ2n) is 3.95. The summed E-state index contributed by atoms with van der Waals surface area (Å²) in [7, 11) is 1.36. The number of pyridine rings is 1. The van der Waals surface area contributed by atoms with E-state index in [1.165, 1.54) is 31.6 Å². The van der Waals surface area contributed by atoms with E-state index in [0.717, 1.165) is 0 Å². The Kier molecular flexibility index (Phi) is 3.75. The highest BCUT2D eigenvalue weighted by Crippen LogP contribution is 2.28. The van der Waals surface area contributed by atoms with Gasteiger partial charge in [0.2, 0.25) is 0 Å². The fourth-order valence-electron chi connectivity index (χ4n) is 1.90. The maximum Gasteiger partial charge on any atom is 0.315 e. The fourth-order valence-corrected chi connectivity index (χ4v) is 1.90. The van der Waals surface area contributed by atoms with Gasteiger partial charge in [-0.15, -0.1) is 0 Å². The molecule has 19 heavy (non-hydrogen) atoms. The molecule has 1 N–H and O–H groups in total. The molecule has 1 aromatic heterocycles. The number of hydrogen-bond acceptors (Lipinski definition) is 3. The molecule has 0 saturated carbocycles. The molecule has 1 aromatic carbocycles. The number of halogens is 1. The van der Waals surface area contributed by atoms with Gasteiger partial charge in [-0.1, -0.05) is 6.07 Å². The smallest absolute Gasteiger partial charge is 0.315 e. The third kappa shape index (κ3) is 2.70. The molecule has 98 valence electrons. The highest BCUT2D eigenvalue weighted by Gasteiger charge is 2.23. The predicted molar refractivity (Wildman–Crippen MR) is 66.7 cm³/mol. The van der Waals surface area contributed by atoms with E-state index in [1.54, 1.807) is 18.2 Å². The van der Waals surface area contributed by atoms with Crippen molar-refractivity contribution in [1.29, 1.82) is 0 Å². The highest BCUT2D eigenvalue weighted by atomic mass is 19.1. The van der Waals surface area contributed by atoms with Gasteiger partial charge in [0.15, 0.2) is 11.6 Å². The minimum absolute atomic E-state index is 0.0858. The summed E-state index contributed by atoms with van der Waals surface area (Å²) in [5, 5.41) is 9.32. The minimum Gasteiger partial charge on any atom is -0.494 e. The van der Waals surface area contributed by atoms with Crippen LogP contribution in [-0.2, 0) is 4.79 Å². The summed E-state index contributed by atoms with van der Waals surface area (Å²) in [5.41, 5.74) is 0.907. The number of carboxylic acid groups (broad SMARTS) is 1. The van der Waals surface area contributed by atoms with Crippen LogP contribution in [0.25, 0.3) is 0 Å². The van der Waals surface area contributed by atoms with Crippen LogP contribution in [0.5, 0.6) is 5.75 Å². The lowest BCUT2D eigenvalue weighted by atomic mass is 9.92. The number of benzene rings is 1. The Hall–Kier alpha value is -2.43. The molecule has 0 fully saturated rings. The van der Waals surface area contributed by atoms with Crippen LogP contribution in [0, 0.1) is 5.82 Å². The van der Waals surface area contributed by atoms with Gasteiger partial charge in [-0.25, -0.2) is 4.39 Å². The Morgan fingerprint density at radius 3 is 2.47 bits per heavy atom. The van der Waals surface area contributed by atoms with Crippen LogP contribution in [0.1, 0.15) is 17.0 Å². The molecular formula is C14H12FNO3. The first-order chi connectivity index (χ1) is 9.13. The molecule has 2 rings (SSSR count). The first-order valence-electron chi connectivity index (χ1n) is 5.59. The van der Waals surface area contributed by atoms with Crippen molar-refractivity contribution in [3.8, 4) is 5.75 Å². The van der Waals surface area contributed by atoms with E-state index in [0.29, 0.717) is 11.1 Å². The zero-order valence-electron chi connectivity index (χ0n) is 10.2. The van der Waals surface area contributed by atoms with Crippen LogP contribution in [-0.4, -0.2) is 23.2 Å². The lowest BCUT2D eigenvalue weighted by Gasteiger charge is -2.14. The van der Waals surface area contributed by atoms with E-state index in [1.807, 2.05) is 0 Å². The standard InChI is InChI=1S/C14H12FNO3/c1-19-12-3-2-10(8-11(12)15)13(14(17)18)9-4-6-16-7-5-9/h2-8,13H,1H3,(H,17,18). The molecule has 4 nitrogen and oxygen atoms in total. The first kappa shape index (κ1) is 13.0. The van der Waals surface area contributed by atoms with Crippen molar-refractivity contribution in [2.45, 2.75) is 5.92 Å². The summed E-state index contributed by atoms with van der Waals surface area (Å²) >= 11 is 0. The number of ether oxygens (including phenoxy) is 1. The third-order valence-electron chi connectivity index (χ3n) is 2.80. The van der Waals surface area contributed by atoms with Crippen molar-refractivity contribution in [2.75, 3.05) is 7.11 Å². The molecule has 1 heterocycles. The zero-order valence-corrected chi connectivity index (χ0v) is 10.2. The molecule has 0 aliphatic rings. The van der Waals surface area contributed by atoms with Crippen LogP contribution in [0.3, 0.4) is 0 Å². The quantitative estimate of drug-likeness (QED) is 0.918. The largest absolute Gasteiger partial charge is 0.494 e. The van der Waals surface area contributed by atoms with Gasteiger partial charge < -0.3 is 9.84 Å². The molecule has 1 atom stereocenters. The van der Waals surface area contributed by atoms with E-state index in [9.17, 15) is 14.3 Å².